The van der Waals surface area contributed by atoms with Gasteiger partial charge in [-0.15, -0.1) is 6.42 Å². The average molecular weight is 375 g/mol. The van der Waals surface area contributed by atoms with Crippen molar-refractivity contribution in [2.75, 3.05) is 0 Å². The molecule has 3 heteroatoms. The molecule has 0 heterocycles. The van der Waals surface area contributed by atoms with E-state index in [1.54, 1.807) is 0 Å². The zero-order valence-corrected chi connectivity index (χ0v) is 15.6. The first-order valence-corrected chi connectivity index (χ1v) is 6.11. The van der Waals surface area contributed by atoms with E-state index in [2.05, 4.69) is 44.2 Å². The molecular formula is C16H21Cl2Zr. The van der Waals surface area contributed by atoms with Gasteiger partial charge in [0.15, 0.2) is 0 Å². The van der Waals surface area contributed by atoms with Crippen LogP contribution in [0.3, 0.4) is 0 Å². The Morgan fingerprint density at radius 2 is 1.74 bits per heavy atom. The maximum Gasteiger partial charge on any atom is 3.00 e. The van der Waals surface area contributed by atoms with Gasteiger partial charge in [-0.25, -0.2) is 11.6 Å². The van der Waals surface area contributed by atoms with Gasteiger partial charge in [0.25, 0.3) is 0 Å². The Balaban J connectivity index is -0.000000237. The summed E-state index contributed by atoms with van der Waals surface area (Å²) in [4.78, 5) is 0. The fraction of sp³-hybridized carbons (Fsp3) is 0.375. The van der Waals surface area contributed by atoms with E-state index in [9.17, 15) is 0 Å². The van der Waals surface area contributed by atoms with E-state index < -0.39 is 0 Å². The van der Waals surface area contributed by atoms with Crippen LogP contribution in [-0.2, 0) is 26.2 Å². The molecule has 0 fully saturated rings. The van der Waals surface area contributed by atoms with Gasteiger partial charge in [-0.2, -0.15) is 6.08 Å². The summed E-state index contributed by atoms with van der Waals surface area (Å²) in [6, 6.07) is 10.3. The zero-order valence-electron chi connectivity index (χ0n) is 11.6. The van der Waals surface area contributed by atoms with Gasteiger partial charge >= 0.3 is 26.2 Å². The fourth-order valence-electron chi connectivity index (χ4n) is 1.52. The zero-order chi connectivity index (χ0) is 11.6. The summed E-state index contributed by atoms with van der Waals surface area (Å²) in [5, 5.41) is 0. The molecule has 0 spiro atoms. The van der Waals surface area contributed by atoms with E-state index in [-0.39, 0.29) is 51.0 Å². The minimum Gasteiger partial charge on any atom is -1.00 e. The third-order valence-corrected chi connectivity index (χ3v) is 2.51. The van der Waals surface area contributed by atoms with Crippen LogP contribution >= 0.6 is 0 Å². The van der Waals surface area contributed by atoms with Crippen LogP contribution in [0.5, 0.6) is 0 Å². The molecule has 19 heavy (non-hydrogen) atoms. The van der Waals surface area contributed by atoms with Crippen molar-refractivity contribution in [3.05, 3.63) is 59.7 Å². The molecule has 0 aliphatic heterocycles. The van der Waals surface area contributed by atoms with E-state index in [1.807, 2.05) is 18.2 Å². The van der Waals surface area contributed by atoms with Gasteiger partial charge in [0.05, 0.1) is 0 Å². The first kappa shape index (κ1) is 24.2. The monoisotopic (exact) mass is 373 g/mol. The number of unbranched alkanes of at least 4 members (excludes halogenated alkanes) is 1. The molecular weight excluding hydrogens is 354 g/mol. The summed E-state index contributed by atoms with van der Waals surface area (Å²) in [5.41, 5.74) is 2.74. The molecule has 1 aliphatic rings. The summed E-state index contributed by atoms with van der Waals surface area (Å²) >= 11 is 0. The molecule has 0 aromatic heterocycles. The van der Waals surface area contributed by atoms with Gasteiger partial charge in [-0.3, -0.25) is 6.08 Å². The predicted molar refractivity (Wildman–Crippen MR) is 71.2 cm³/mol. The van der Waals surface area contributed by atoms with Gasteiger partial charge in [-0.1, -0.05) is 62.1 Å². The van der Waals surface area contributed by atoms with Crippen LogP contribution < -0.4 is 24.8 Å². The van der Waals surface area contributed by atoms with Crippen LogP contribution in [0.25, 0.3) is 0 Å². The van der Waals surface area contributed by atoms with E-state index in [4.69, 9.17) is 0 Å². The molecule has 0 bridgehead atoms. The van der Waals surface area contributed by atoms with Crippen LogP contribution in [-0.4, -0.2) is 0 Å². The molecule has 0 unspecified atom stereocenters. The Hall–Kier alpha value is 0.163. The number of halogens is 2. The van der Waals surface area contributed by atoms with Crippen molar-refractivity contribution in [3.63, 3.8) is 0 Å². The molecule has 0 amide bonds. The van der Waals surface area contributed by atoms with Crippen molar-refractivity contribution < 1.29 is 51.0 Å². The summed E-state index contributed by atoms with van der Waals surface area (Å²) in [7, 11) is 0. The van der Waals surface area contributed by atoms with Crippen molar-refractivity contribution >= 4 is 0 Å². The topological polar surface area (TPSA) is 0 Å². The summed E-state index contributed by atoms with van der Waals surface area (Å²) in [6.45, 7) is 4.30. The number of rotatable bonds is 3. The average Bonchev–Trinajstić information content (AvgIpc) is 2.81. The Morgan fingerprint density at radius 1 is 1.11 bits per heavy atom. The van der Waals surface area contributed by atoms with Crippen molar-refractivity contribution in [2.24, 2.45) is 0 Å². The number of aryl methyl sites for hydroxylation is 1. The third kappa shape index (κ3) is 12.9. The maximum atomic E-state index is 3.30. The van der Waals surface area contributed by atoms with Crippen LogP contribution in [0.15, 0.2) is 48.1 Å². The Kier molecular flexibility index (Phi) is 20.7. The molecule has 0 nitrogen and oxygen atoms in total. The van der Waals surface area contributed by atoms with Crippen molar-refractivity contribution in [2.45, 2.75) is 39.5 Å². The van der Waals surface area contributed by atoms with E-state index in [1.165, 1.54) is 30.4 Å². The predicted octanol–water partition coefficient (Wildman–Crippen LogP) is -1.13. The first-order chi connectivity index (χ1) is 7.83. The van der Waals surface area contributed by atoms with Crippen LogP contribution in [0.1, 0.15) is 38.2 Å². The molecule has 1 aromatic rings. The standard InChI is InChI=1S/C9H13.C7H8.2ClH.Zr/c1-2-3-6-9-7-4-5-8-9;1-7-5-3-2-4-6-7;;;/h4,7H,2-3,5-6H2,1H3;2-6H,1H3;2*1H;/q-1;;;;+3/p-2. The quantitative estimate of drug-likeness (QED) is 0.587. The number of allylic oxidation sites excluding steroid dienone is 4. The van der Waals surface area contributed by atoms with E-state index in [0.717, 1.165) is 6.42 Å². The van der Waals surface area contributed by atoms with Crippen LogP contribution in [0.2, 0.25) is 0 Å². The van der Waals surface area contributed by atoms with Gasteiger partial charge in [0.2, 0.25) is 0 Å². The second kappa shape index (κ2) is 16.2. The Morgan fingerprint density at radius 3 is 2.11 bits per heavy atom. The third-order valence-electron chi connectivity index (χ3n) is 2.51. The van der Waals surface area contributed by atoms with Crippen molar-refractivity contribution in [1.82, 2.24) is 0 Å². The number of benzene rings is 1. The minimum atomic E-state index is 0. The van der Waals surface area contributed by atoms with Gasteiger partial charge < -0.3 is 24.8 Å². The molecule has 0 atom stereocenters. The molecule has 103 valence electrons. The molecule has 0 saturated heterocycles. The summed E-state index contributed by atoms with van der Waals surface area (Å²) < 4.78 is 0. The largest absolute Gasteiger partial charge is 3.00 e. The number of hydrogen-bond donors (Lipinski definition) is 0. The fourth-order valence-corrected chi connectivity index (χ4v) is 1.52. The van der Waals surface area contributed by atoms with Crippen LogP contribution in [0, 0.1) is 13.0 Å². The Bertz CT molecular complexity index is 345. The molecule has 1 aromatic carbocycles. The van der Waals surface area contributed by atoms with E-state index in [0.29, 0.717) is 0 Å². The summed E-state index contributed by atoms with van der Waals surface area (Å²) in [5.74, 6) is 0. The number of hydrogen-bond acceptors (Lipinski definition) is 0. The van der Waals surface area contributed by atoms with Gasteiger partial charge in [0.1, 0.15) is 0 Å². The molecule has 0 saturated carbocycles. The first-order valence-electron chi connectivity index (χ1n) is 6.11. The smallest absolute Gasteiger partial charge is 1.00 e. The van der Waals surface area contributed by atoms with Gasteiger partial charge in [-0.05, 0) is 6.92 Å². The normalized spacial score (nSPS) is 10.9. The molecule has 1 aliphatic carbocycles. The molecule has 1 radical (unpaired) electrons. The second-order valence-corrected chi connectivity index (χ2v) is 4.07. The van der Waals surface area contributed by atoms with Crippen LogP contribution in [0.4, 0.5) is 0 Å². The summed E-state index contributed by atoms with van der Waals surface area (Å²) in [6.07, 6.45) is 12.5. The molecule has 0 N–H and O–H groups in total. The maximum absolute atomic E-state index is 3.30. The van der Waals surface area contributed by atoms with E-state index >= 15 is 0 Å². The molecule has 2 rings (SSSR count). The van der Waals surface area contributed by atoms with Gasteiger partial charge in [0, 0.05) is 0 Å². The minimum absolute atomic E-state index is 0. The van der Waals surface area contributed by atoms with Crippen molar-refractivity contribution in [3.8, 4) is 0 Å². The SMILES string of the molecule is CCCCC1=[C-]CC=C1.Cc1ccccc1.[Cl-].[Cl-].[Zr+3]. The van der Waals surface area contributed by atoms with Crippen molar-refractivity contribution in [1.29, 1.82) is 0 Å². The second-order valence-electron chi connectivity index (χ2n) is 4.07. The Labute approximate surface area is 149 Å².